The van der Waals surface area contributed by atoms with Crippen LogP contribution in [0, 0.1) is 5.92 Å². The summed E-state index contributed by atoms with van der Waals surface area (Å²) in [5, 5.41) is 0.716. The van der Waals surface area contributed by atoms with Crippen molar-refractivity contribution >= 4 is 17.5 Å². The maximum absolute atomic E-state index is 12.8. The molecule has 2 fully saturated rings. The molecule has 26 heavy (non-hydrogen) atoms. The number of amides is 1. The van der Waals surface area contributed by atoms with Gasteiger partial charge in [-0.1, -0.05) is 11.6 Å². The number of rotatable bonds is 5. The number of piperidine rings is 1. The zero-order valence-electron chi connectivity index (χ0n) is 15.7. The average molecular weight is 381 g/mol. The summed E-state index contributed by atoms with van der Waals surface area (Å²) >= 11 is 5.88. The van der Waals surface area contributed by atoms with Crippen molar-refractivity contribution in [2.45, 2.75) is 38.9 Å². The smallest absolute Gasteiger partial charge is 0.225 e. The molecule has 0 radical (unpaired) electrons. The Bertz CT molecular complexity index is 577. The minimum Gasteiger partial charge on any atom is -0.492 e. The van der Waals surface area contributed by atoms with E-state index in [0.29, 0.717) is 17.5 Å². The summed E-state index contributed by atoms with van der Waals surface area (Å²) in [5.41, 5.74) is 0. The van der Waals surface area contributed by atoms with Crippen LogP contribution in [0.25, 0.3) is 0 Å². The van der Waals surface area contributed by atoms with E-state index < -0.39 is 0 Å². The predicted molar refractivity (Wildman–Crippen MR) is 103 cm³/mol. The molecule has 0 N–H and O–H groups in total. The van der Waals surface area contributed by atoms with Gasteiger partial charge in [0, 0.05) is 30.6 Å². The first-order chi connectivity index (χ1) is 12.5. The molecule has 2 aliphatic heterocycles. The van der Waals surface area contributed by atoms with Crippen LogP contribution in [-0.4, -0.2) is 67.2 Å². The minimum absolute atomic E-state index is 0.132. The molecule has 2 aliphatic rings. The Morgan fingerprint density at radius 2 is 1.77 bits per heavy atom. The molecule has 5 nitrogen and oxygen atoms in total. The molecule has 1 aromatic carbocycles. The maximum Gasteiger partial charge on any atom is 0.225 e. The highest BCUT2D eigenvalue weighted by atomic mass is 35.5. The van der Waals surface area contributed by atoms with Crippen LogP contribution in [-0.2, 0) is 9.53 Å². The number of carbonyl (C=O) groups excluding carboxylic acids is 1. The molecule has 2 saturated heterocycles. The van der Waals surface area contributed by atoms with Crippen molar-refractivity contribution in [2.75, 3.05) is 39.3 Å². The van der Waals surface area contributed by atoms with Crippen LogP contribution in [0.2, 0.25) is 5.02 Å². The van der Waals surface area contributed by atoms with Gasteiger partial charge in [0.25, 0.3) is 0 Å². The first-order valence-corrected chi connectivity index (χ1v) is 9.94. The first-order valence-electron chi connectivity index (χ1n) is 9.56. The zero-order valence-corrected chi connectivity index (χ0v) is 16.5. The van der Waals surface area contributed by atoms with E-state index in [1.807, 2.05) is 43.0 Å². The van der Waals surface area contributed by atoms with Crippen LogP contribution in [0.3, 0.4) is 0 Å². The molecule has 1 aromatic rings. The van der Waals surface area contributed by atoms with E-state index in [1.54, 1.807) is 0 Å². The van der Waals surface area contributed by atoms with Gasteiger partial charge in [0.1, 0.15) is 12.4 Å². The summed E-state index contributed by atoms with van der Waals surface area (Å²) < 4.78 is 11.5. The fourth-order valence-electron chi connectivity index (χ4n) is 3.84. The molecule has 1 amide bonds. The molecule has 0 unspecified atom stereocenters. The highest BCUT2D eigenvalue weighted by Gasteiger charge is 2.32. The number of likely N-dealkylation sites (tertiary alicyclic amines) is 1. The van der Waals surface area contributed by atoms with Crippen molar-refractivity contribution < 1.29 is 14.3 Å². The number of nitrogens with zero attached hydrogens (tertiary/aromatic N) is 2. The molecule has 3 rings (SSSR count). The molecule has 0 saturated carbocycles. The lowest BCUT2D eigenvalue weighted by Crippen LogP contribution is -2.51. The summed E-state index contributed by atoms with van der Waals surface area (Å²) in [6, 6.07) is 7.44. The van der Waals surface area contributed by atoms with Crippen molar-refractivity contribution in [1.82, 2.24) is 9.80 Å². The van der Waals surface area contributed by atoms with Crippen LogP contribution >= 0.6 is 11.6 Å². The molecular weight excluding hydrogens is 352 g/mol. The third-order valence-electron chi connectivity index (χ3n) is 5.16. The van der Waals surface area contributed by atoms with Crippen LogP contribution in [0.5, 0.6) is 5.75 Å². The van der Waals surface area contributed by atoms with Gasteiger partial charge in [0.05, 0.1) is 12.2 Å². The Kier molecular flexibility index (Phi) is 6.79. The zero-order chi connectivity index (χ0) is 18.5. The van der Waals surface area contributed by atoms with Crippen molar-refractivity contribution in [3.63, 3.8) is 0 Å². The number of carbonyl (C=O) groups is 1. The quantitative estimate of drug-likeness (QED) is 0.787. The molecule has 0 spiro atoms. The van der Waals surface area contributed by atoms with Crippen molar-refractivity contribution in [3.05, 3.63) is 29.3 Å². The molecule has 144 valence electrons. The summed E-state index contributed by atoms with van der Waals surface area (Å²) in [6.07, 6.45) is 2.13. The minimum atomic E-state index is 0.132. The molecule has 2 heterocycles. The predicted octanol–water partition coefficient (Wildman–Crippen LogP) is 3.07. The SMILES string of the molecule is C[C@H]1CN(C(=O)C2CCN(CCOc3ccc(Cl)cc3)CC2)C[C@H](C)O1. The van der Waals surface area contributed by atoms with Crippen LogP contribution in [0.1, 0.15) is 26.7 Å². The maximum atomic E-state index is 12.8. The number of ether oxygens (including phenoxy) is 2. The van der Waals surface area contributed by atoms with Gasteiger partial charge in [-0.3, -0.25) is 9.69 Å². The van der Waals surface area contributed by atoms with Gasteiger partial charge in [-0.25, -0.2) is 0 Å². The number of hydrogen-bond acceptors (Lipinski definition) is 4. The molecular formula is C20H29ClN2O3. The monoisotopic (exact) mass is 380 g/mol. The topological polar surface area (TPSA) is 42.0 Å². The second-order valence-electron chi connectivity index (χ2n) is 7.42. The third kappa shape index (κ3) is 5.35. The summed E-state index contributed by atoms with van der Waals surface area (Å²) in [6.45, 7) is 8.97. The Morgan fingerprint density at radius 1 is 1.15 bits per heavy atom. The van der Waals surface area contributed by atoms with Crippen molar-refractivity contribution in [1.29, 1.82) is 0 Å². The lowest BCUT2D eigenvalue weighted by atomic mass is 9.94. The molecule has 2 atom stereocenters. The molecule has 6 heteroatoms. The van der Waals surface area contributed by atoms with Crippen molar-refractivity contribution in [2.24, 2.45) is 5.92 Å². The summed E-state index contributed by atoms with van der Waals surface area (Å²) in [7, 11) is 0. The standard InChI is InChI=1S/C20H29ClN2O3/c1-15-13-23(14-16(2)26-15)20(24)17-7-9-22(10-8-17)11-12-25-19-5-3-18(21)4-6-19/h3-6,15-17H,7-14H2,1-2H3/t15-,16-/m0/s1. The largest absolute Gasteiger partial charge is 0.492 e. The van der Waals surface area contributed by atoms with Crippen LogP contribution in [0.4, 0.5) is 0 Å². The van der Waals surface area contributed by atoms with E-state index in [0.717, 1.165) is 51.3 Å². The highest BCUT2D eigenvalue weighted by molar-refractivity contribution is 6.30. The second kappa shape index (κ2) is 9.07. The lowest BCUT2D eigenvalue weighted by Gasteiger charge is -2.39. The summed E-state index contributed by atoms with van der Waals surface area (Å²) in [4.78, 5) is 17.2. The van der Waals surface area contributed by atoms with Gasteiger partial charge < -0.3 is 14.4 Å². The van der Waals surface area contributed by atoms with Gasteiger partial charge in [-0.2, -0.15) is 0 Å². The van der Waals surface area contributed by atoms with E-state index in [2.05, 4.69) is 4.90 Å². The first kappa shape index (κ1) is 19.5. The Labute approximate surface area is 161 Å². The normalized spacial score (nSPS) is 25.3. The lowest BCUT2D eigenvalue weighted by molar-refractivity contribution is -0.148. The summed E-state index contributed by atoms with van der Waals surface area (Å²) in [5.74, 6) is 1.31. The number of halogens is 1. The molecule has 0 aliphatic carbocycles. The van der Waals surface area contributed by atoms with E-state index in [4.69, 9.17) is 21.1 Å². The van der Waals surface area contributed by atoms with E-state index in [9.17, 15) is 4.79 Å². The fraction of sp³-hybridized carbons (Fsp3) is 0.650. The Morgan fingerprint density at radius 3 is 2.38 bits per heavy atom. The van der Waals surface area contributed by atoms with Crippen LogP contribution in [0.15, 0.2) is 24.3 Å². The van der Waals surface area contributed by atoms with E-state index in [1.165, 1.54) is 0 Å². The van der Waals surface area contributed by atoms with E-state index >= 15 is 0 Å². The average Bonchev–Trinajstić information content (AvgIpc) is 2.62. The highest BCUT2D eigenvalue weighted by Crippen LogP contribution is 2.22. The fourth-order valence-corrected chi connectivity index (χ4v) is 3.97. The van der Waals surface area contributed by atoms with Crippen LogP contribution < -0.4 is 4.74 Å². The number of benzene rings is 1. The molecule has 0 aromatic heterocycles. The Balaban J connectivity index is 1.38. The van der Waals surface area contributed by atoms with Gasteiger partial charge in [0.2, 0.25) is 5.91 Å². The number of hydrogen-bond donors (Lipinski definition) is 0. The van der Waals surface area contributed by atoms with Crippen molar-refractivity contribution in [3.8, 4) is 5.75 Å². The van der Waals surface area contributed by atoms with Gasteiger partial charge >= 0.3 is 0 Å². The van der Waals surface area contributed by atoms with Gasteiger partial charge in [0.15, 0.2) is 0 Å². The molecule has 0 bridgehead atoms. The third-order valence-corrected chi connectivity index (χ3v) is 5.41. The second-order valence-corrected chi connectivity index (χ2v) is 7.86. The van der Waals surface area contributed by atoms with Gasteiger partial charge in [-0.15, -0.1) is 0 Å². The van der Waals surface area contributed by atoms with Gasteiger partial charge in [-0.05, 0) is 64.0 Å². The Hall–Kier alpha value is -1.30. The number of morpholine rings is 1. The van der Waals surface area contributed by atoms with E-state index in [-0.39, 0.29) is 18.1 Å².